The van der Waals surface area contributed by atoms with E-state index < -0.39 is 6.10 Å². The van der Waals surface area contributed by atoms with Gasteiger partial charge in [-0.2, -0.15) is 0 Å². The van der Waals surface area contributed by atoms with Crippen LogP contribution in [0.2, 0.25) is 0 Å². The number of β-amino-alcohol motifs (C(OH)–C–C–N with tert-alkyl or cyclic N) is 1. The number of nitrogens with zero attached hydrogens (tertiary/aromatic N) is 4. The molecular weight excluding hydrogens is 424 g/mol. The Morgan fingerprint density at radius 2 is 1.53 bits per heavy atom. The summed E-state index contributed by atoms with van der Waals surface area (Å²) in [4.78, 5) is 14.4. The maximum atomic E-state index is 11.1. The number of fused-ring (bicyclic) bond motifs is 2. The summed E-state index contributed by atoms with van der Waals surface area (Å²) in [6, 6.07) is 14.5. The van der Waals surface area contributed by atoms with E-state index in [1.165, 1.54) is 16.9 Å². The third-order valence-corrected chi connectivity index (χ3v) is 7.09. The predicted octanol–water partition coefficient (Wildman–Crippen LogP) is 4.34. The molecule has 0 aliphatic carbocycles. The van der Waals surface area contributed by atoms with Crippen molar-refractivity contribution in [3.63, 3.8) is 0 Å². The van der Waals surface area contributed by atoms with Gasteiger partial charge in [0.2, 0.25) is 0 Å². The lowest BCUT2D eigenvalue weighted by Crippen LogP contribution is -2.44. The second-order valence-corrected chi connectivity index (χ2v) is 9.50. The summed E-state index contributed by atoms with van der Waals surface area (Å²) in [5, 5.41) is 11.1. The topological polar surface area (TPSA) is 61.7 Å². The van der Waals surface area contributed by atoms with Gasteiger partial charge in [0.1, 0.15) is 5.75 Å². The van der Waals surface area contributed by atoms with Crippen molar-refractivity contribution in [2.75, 3.05) is 43.1 Å². The number of aromatic nitrogens is 2. The van der Waals surface area contributed by atoms with Crippen molar-refractivity contribution >= 4 is 11.4 Å². The summed E-state index contributed by atoms with van der Waals surface area (Å²) in [6.45, 7) is 7.34. The zero-order chi connectivity index (χ0) is 23.7. The highest BCUT2D eigenvalue weighted by atomic mass is 16.5. The largest absolute Gasteiger partial charge is 0.497 e. The van der Waals surface area contributed by atoms with Crippen LogP contribution in [0.1, 0.15) is 35.5 Å². The molecular formula is C28H34N4O2. The summed E-state index contributed by atoms with van der Waals surface area (Å²) in [6.07, 6.45) is 3.67. The molecule has 0 fully saturated rings. The fraction of sp³-hybridized carbons (Fsp3) is 0.429. The number of benzene rings is 1. The molecule has 4 heterocycles. The van der Waals surface area contributed by atoms with Gasteiger partial charge in [0.15, 0.2) is 0 Å². The lowest BCUT2D eigenvalue weighted by Gasteiger charge is -2.36. The van der Waals surface area contributed by atoms with Crippen molar-refractivity contribution in [2.24, 2.45) is 0 Å². The molecule has 0 bridgehead atoms. The zero-order valence-corrected chi connectivity index (χ0v) is 20.4. The van der Waals surface area contributed by atoms with E-state index >= 15 is 0 Å². The van der Waals surface area contributed by atoms with Crippen LogP contribution in [-0.4, -0.2) is 54.5 Å². The van der Waals surface area contributed by atoms with Crippen LogP contribution in [0.4, 0.5) is 11.4 Å². The van der Waals surface area contributed by atoms with E-state index in [1.807, 2.05) is 24.3 Å². The van der Waals surface area contributed by atoms with E-state index in [2.05, 4.69) is 41.8 Å². The smallest absolute Gasteiger partial charge is 0.118 e. The van der Waals surface area contributed by atoms with Gasteiger partial charge >= 0.3 is 0 Å². The number of rotatable bonds is 6. The van der Waals surface area contributed by atoms with Crippen molar-refractivity contribution in [3.05, 3.63) is 65.1 Å². The molecule has 178 valence electrons. The van der Waals surface area contributed by atoms with Gasteiger partial charge in [0, 0.05) is 37.4 Å². The van der Waals surface area contributed by atoms with Crippen molar-refractivity contribution in [1.82, 2.24) is 9.97 Å². The van der Waals surface area contributed by atoms with Gasteiger partial charge in [0.05, 0.1) is 41.7 Å². The average Bonchev–Trinajstić information content (AvgIpc) is 2.85. The number of aliphatic hydroxyl groups is 1. The van der Waals surface area contributed by atoms with Crippen LogP contribution in [0.5, 0.6) is 5.75 Å². The first kappa shape index (κ1) is 22.7. The lowest BCUT2D eigenvalue weighted by atomic mass is 10.0. The van der Waals surface area contributed by atoms with Gasteiger partial charge in [-0.25, -0.2) is 0 Å². The van der Waals surface area contributed by atoms with E-state index in [0.717, 1.165) is 72.9 Å². The van der Waals surface area contributed by atoms with Gasteiger partial charge in [0.25, 0.3) is 0 Å². The van der Waals surface area contributed by atoms with E-state index in [0.29, 0.717) is 13.1 Å². The highest BCUT2D eigenvalue weighted by Gasteiger charge is 2.25. The Hall–Kier alpha value is -3.12. The first-order valence-electron chi connectivity index (χ1n) is 12.3. The molecule has 1 aromatic carbocycles. The van der Waals surface area contributed by atoms with Crippen LogP contribution in [-0.2, 0) is 12.8 Å². The summed E-state index contributed by atoms with van der Waals surface area (Å²) < 4.78 is 5.27. The number of anilines is 2. The number of hydrogen-bond donors (Lipinski definition) is 1. The molecule has 2 aromatic heterocycles. The molecule has 1 atom stereocenters. The third-order valence-electron chi connectivity index (χ3n) is 7.09. The third kappa shape index (κ3) is 4.60. The second-order valence-electron chi connectivity index (χ2n) is 9.50. The van der Waals surface area contributed by atoms with Crippen LogP contribution in [0.25, 0.3) is 11.3 Å². The molecule has 1 N–H and O–H groups in total. The Morgan fingerprint density at radius 3 is 2.21 bits per heavy atom. The second kappa shape index (κ2) is 9.63. The molecule has 0 amide bonds. The fourth-order valence-corrected chi connectivity index (χ4v) is 5.15. The highest BCUT2D eigenvalue weighted by Crippen LogP contribution is 2.31. The standard InChI is InChI=1S/C28H34N4O2/c1-19-16-28-26(29-20(19)2)7-5-15-32(28)18-22(33)17-31-14-4-6-25-27(31)13-12-24(30-25)21-8-10-23(34-3)11-9-21/h8-13,16,22,33H,4-7,14-15,17-18H2,1-3H3/t22-/m0/s1. The zero-order valence-electron chi connectivity index (χ0n) is 20.4. The Morgan fingerprint density at radius 1 is 0.882 bits per heavy atom. The molecule has 2 aliphatic heterocycles. The number of pyridine rings is 2. The van der Waals surface area contributed by atoms with Crippen LogP contribution >= 0.6 is 0 Å². The molecule has 6 nitrogen and oxygen atoms in total. The quantitative estimate of drug-likeness (QED) is 0.593. The summed E-state index contributed by atoms with van der Waals surface area (Å²) in [5.74, 6) is 0.847. The molecule has 0 radical (unpaired) electrons. The molecule has 0 spiro atoms. The highest BCUT2D eigenvalue weighted by molar-refractivity contribution is 5.65. The van der Waals surface area contributed by atoms with Gasteiger partial charge in [-0.1, -0.05) is 0 Å². The van der Waals surface area contributed by atoms with Crippen LogP contribution in [0.15, 0.2) is 42.5 Å². The van der Waals surface area contributed by atoms with Crippen molar-refractivity contribution < 1.29 is 9.84 Å². The van der Waals surface area contributed by atoms with Crippen LogP contribution in [0, 0.1) is 13.8 Å². The fourth-order valence-electron chi connectivity index (χ4n) is 5.15. The summed E-state index contributed by atoms with van der Waals surface area (Å²) >= 11 is 0. The summed E-state index contributed by atoms with van der Waals surface area (Å²) in [5.41, 5.74) is 9.01. The number of aryl methyl sites for hydroxylation is 4. The number of ether oxygens (including phenoxy) is 1. The van der Waals surface area contributed by atoms with Gasteiger partial charge in [-0.15, -0.1) is 0 Å². The minimum atomic E-state index is -0.445. The van der Waals surface area contributed by atoms with Crippen molar-refractivity contribution in [2.45, 2.75) is 45.6 Å². The number of methoxy groups -OCH3 is 1. The Bertz CT molecular complexity index is 1160. The van der Waals surface area contributed by atoms with Gasteiger partial charge in [-0.3, -0.25) is 9.97 Å². The minimum Gasteiger partial charge on any atom is -0.497 e. The monoisotopic (exact) mass is 458 g/mol. The SMILES string of the molecule is COc1ccc(-c2ccc3c(n2)CCCN3C[C@H](O)CN2CCCc3nc(C)c(C)cc32)cc1. The molecule has 5 rings (SSSR count). The normalized spacial score (nSPS) is 16.1. The Labute approximate surface area is 202 Å². The average molecular weight is 459 g/mol. The first-order valence-corrected chi connectivity index (χ1v) is 12.3. The molecule has 3 aromatic rings. The van der Waals surface area contributed by atoms with Crippen LogP contribution in [0.3, 0.4) is 0 Å². The Kier molecular flexibility index (Phi) is 6.42. The van der Waals surface area contributed by atoms with E-state index in [4.69, 9.17) is 14.7 Å². The lowest BCUT2D eigenvalue weighted by molar-refractivity contribution is 0.183. The minimum absolute atomic E-state index is 0.445. The van der Waals surface area contributed by atoms with Gasteiger partial charge in [-0.05, 0) is 87.6 Å². The van der Waals surface area contributed by atoms with Crippen molar-refractivity contribution in [3.8, 4) is 17.0 Å². The van der Waals surface area contributed by atoms with E-state index in [1.54, 1.807) is 7.11 Å². The van der Waals surface area contributed by atoms with E-state index in [9.17, 15) is 5.11 Å². The molecule has 0 unspecified atom stereocenters. The molecule has 34 heavy (non-hydrogen) atoms. The predicted molar refractivity (Wildman–Crippen MR) is 137 cm³/mol. The summed E-state index contributed by atoms with van der Waals surface area (Å²) in [7, 11) is 1.68. The number of hydrogen-bond acceptors (Lipinski definition) is 6. The molecule has 0 saturated carbocycles. The van der Waals surface area contributed by atoms with E-state index in [-0.39, 0.29) is 0 Å². The molecule has 6 heteroatoms. The van der Waals surface area contributed by atoms with Gasteiger partial charge < -0.3 is 19.6 Å². The first-order chi connectivity index (χ1) is 16.5. The Balaban J connectivity index is 1.29. The molecule has 0 saturated heterocycles. The maximum absolute atomic E-state index is 11.1. The molecule has 2 aliphatic rings. The maximum Gasteiger partial charge on any atom is 0.118 e. The van der Waals surface area contributed by atoms with Crippen LogP contribution < -0.4 is 14.5 Å². The number of aliphatic hydroxyl groups excluding tert-OH is 1. The van der Waals surface area contributed by atoms with Crippen molar-refractivity contribution in [1.29, 1.82) is 0 Å².